The van der Waals surface area contributed by atoms with Crippen molar-refractivity contribution in [2.24, 2.45) is 10.2 Å². The minimum atomic E-state index is -1.07. The van der Waals surface area contributed by atoms with E-state index in [9.17, 15) is 23.1 Å². The molecule has 130 valence electrons. The van der Waals surface area contributed by atoms with E-state index >= 15 is 0 Å². The number of esters is 1. The summed E-state index contributed by atoms with van der Waals surface area (Å²) in [7, 11) is 0. The Labute approximate surface area is 141 Å². The summed E-state index contributed by atoms with van der Waals surface area (Å²) in [6, 6.07) is 7.65. The summed E-state index contributed by atoms with van der Waals surface area (Å²) in [4.78, 5) is 12.0. The van der Waals surface area contributed by atoms with Gasteiger partial charge in [-0.3, -0.25) is 0 Å². The number of azo groups is 1. The number of carbonyl (C=O) groups is 1. The fraction of sp³-hybridized carbons (Fsp3) is 0.118. The fourth-order valence-electron chi connectivity index (χ4n) is 1.83. The van der Waals surface area contributed by atoms with Crippen LogP contribution < -0.4 is 0 Å². The first-order valence-corrected chi connectivity index (χ1v) is 7.16. The van der Waals surface area contributed by atoms with Gasteiger partial charge in [0.1, 0.15) is 17.3 Å². The molecule has 0 heterocycles. The third-order valence-corrected chi connectivity index (χ3v) is 2.99. The number of benzene rings is 2. The van der Waals surface area contributed by atoms with E-state index in [-0.39, 0.29) is 17.9 Å². The zero-order chi connectivity index (χ0) is 18.4. The molecular formula is C17H13F3N2O3. The summed E-state index contributed by atoms with van der Waals surface area (Å²) >= 11 is 0. The highest BCUT2D eigenvalue weighted by Crippen LogP contribution is 2.24. The second kappa shape index (κ2) is 8.09. The van der Waals surface area contributed by atoms with E-state index < -0.39 is 34.9 Å². The van der Waals surface area contributed by atoms with Crippen molar-refractivity contribution in [1.29, 1.82) is 0 Å². The molecule has 0 atom stereocenters. The zero-order valence-electron chi connectivity index (χ0n) is 13.0. The van der Waals surface area contributed by atoms with E-state index in [0.29, 0.717) is 6.07 Å². The van der Waals surface area contributed by atoms with Gasteiger partial charge in [-0.25, -0.2) is 18.0 Å². The maximum atomic E-state index is 13.8. The summed E-state index contributed by atoms with van der Waals surface area (Å²) in [6.07, 6.45) is 0. The van der Waals surface area contributed by atoms with Crippen LogP contribution in [0.15, 0.2) is 58.4 Å². The molecule has 5 nitrogen and oxygen atoms in total. The van der Waals surface area contributed by atoms with Crippen molar-refractivity contribution in [2.45, 2.75) is 6.92 Å². The molecule has 0 spiro atoms. The van der Waals surface area contributed by atoms with Crippen LogP contribution in [0.25, 0.3) is 5.76 Å². The zero-order valence-corrected chi connectivity index (χ0v) is 13.0. The molecule has 0 fully saturated rings. The van der Waals surface area contributed by atoms with E-state index in [1.54, 1.807) is 0 Å². The standard InChI is InChI=1S/C17H13F3N2O3/c1-2-25-17(24)15(16(23)11-5-3-4-6-12(11)19)22-21-14-8-7-10(18)9-13(14)20/h3-9,23H,2H2,1H3. The molecule has 0 bridgehead atoms. The van der Waals surface area contributed by atoms with Gasteiger partial charge in [-0.15, -0.1) is 10.2 Å². The summed E-state index contributed by atoms with van der Waals surface area (Å²) < 4.78 is 45.0. The topological polar surface area (TPSA) is 71.2 Å². The van der Waals surface area contributed by atoms with Gasteiger partial charge in [-0.2, -0.15) is 0 Å². The molecule has 0 saturated carbocycles. The lowest BCUT2D eigenvalue weighted by Crippen LogP contribution is -2.09. The van der Waals surface area contributed by atoms with Crippen LogP contribution in [0.1, 0.15) is 12.5 Å². The van der Waals surface area contributed by atoms with E-state index in [0.717, 1.165) is 18.2 Å². The van der Waals surface area contributed by atoms with E-state index in [4.69, 9.17) is 4.74 Å². The Balaban J connectivity index is 2.49. The number of rotatable bonds is 5. The van der Waals surface area contributed by atoms with Gasteiger partial charge in [0.2, 0.25) is 5.70 Å². The summed E-state index contributed by atoms with van der Waals surface area (Å²) in [5.74, 6) is -4.52. The van der Waals surface area contributed by atoms with Gasteiger partial charge in [0, 0.05) is 6.07 Å². The third kappa shape index (κ3) is 4.43. The molecule has 1 N–H and O–H groups in total. The predicted molar refractivity (Wildman–Crippen MR) is 83.5 cm³/mol. The minimum absolute atomic E-state index is 0.0344. The number of carbonyl (C=O) groups excluding carboxylic acids is 1. The van der Waals surface area contributed by atoms with Crippen molar-refractivity contribution in [3.8, 4) is 0 Å². The van der Waals surface area contributed by atoms with Crippen LogP contribution in [-0.2, 0) is 9.53 Å². The third-order valence-electron chi connectivity index (χ3n) is 2.99. The van der Waals surface area contributed by atoms with E-state index in [1.807, 2.05) is 0 Å². The Morgan fingerprint density at radius 1 is 1.12 bits per heavy atom. The molecule has 0 aromatic heterocycles. The number of hydrogen-bond donors (Lipinski definition) is 1. The number of ether oxygens (including phenoxy) is 1. The van der Waals surface area contributed by atoms with Crippen molar-refractivity contribution in [3.63, 3.8) is 0 Å². The SMILES string of the molecule is CCOC(=O)C(N=Nc1ccc(F)cc1F)=C(O)c1ccccc1F. The number of nitrogens with zero attached hydrogens (tertiary/aromatic N) is 2. The molecule has 2 rings (SSSR count). The number of aliphatic hydroxyl groups is 1. The highest BCUT2D eigenvalue weighted by Gasteiger charge is 2.20. The average molecular weight is 350 g/mol. The summed E-state index contributed by atoms with van der Waals surface area (Å²) in [5, 5.41) is 17.1. The van der Waals surface area contributed by atoms with Gasteiger partial charge in [-0.05, 0) is 31.2 Å². The first-order chi connectivity index (χ1) is 11.9. The highest BCUT2D eigenvalue weighted by atomic mass is 19.1. The molecular weight excluding hydrogens is 337 g/mol. The van der Waals surface area contributed by atoms with Gasteiger partial charge < -0.3 is 9.84 Å². The van der Waals surface area contributed by atoms with E-state index in [1.165, 1.54) is 25.1 Å². The first-order valence-electron chi connectivity index (χ1n) is 7.16. The van der Waals surface area contributed by atoms with Gasteiger partial charge in [0.25, 0.3) is 0 Å². The smallest absolute Gasteiger partial charge is 0.362 e. The Hall–Kier alpha value is -3.16. The van der Waals surface area contributed by atoms with Crippen molar-refractivity contribution < 1.29 is 27.8 Å². The fourth-order valence-corrected chi connectivity index (χ4v) is 1.83. The molecule has 2 aromatic rings. The van der Waals surface area contributed by atoms with Crippen LogP contribution in [-0.4, -0.2) is 17.7 Å². The van der Waals surface area contributed by atoms with Gasteiger partial charge in [0.15, 0.2) is 11.6 Å². The normalized spacial score (nSPS) is 12.2. The lowest BCUT2D eigenvalue weighted by Gasteiger charge is -2.06. The van der Waals surface area contributed by atoms with Crippen molar-refractivity contribution in [2.75, 3.05) is 6.61 Å². The Morgan fingerprint density at radius 2 is 1.84 bits per heavy atom. The van der Waals surface area contributed by atoms with Crippen LogP contribution in [0, 0.1) is 17.5 Å². The van der Waals surface area contributed by atoms with Crippen molar-refractivity contribution >= 4 is 17.4 Å². The van der Waals surface area contributed by atoms with E-state index in [2.05, 4.69) is 10.2 Å². The highest BCUT2D eigenvalue weighted by molar-refractivity contribution is 5.95. The first kappa shape index (κ1) is 18.2. The quantitative estimate of drug-likeness (QED) is 0.368. The maximum Gasteiger partial charge on any atom is 0.362 e. The number of aliphatic hydroxyl groups excluding tert-OH is 1. The minimum Gasteiger partial charge on any atom is -0.505 e. The molecule has 0 amide bonds. The Morgan fingerprint density at radius 3 is 2.48 bits per heavy atom. The Bertz CT molecular complexity index is 851. The van der Waals surface area contributed by atoms with Crippen LogP contribution in [0.5, 0.6) is 0 Å². The van der Waals surface area contributed by atoms with Crippen LogP contribution in [0.4, 0.5) is 18.9 Å². The Kier molecular flexibility index (Phi) is 5.89. The molecule has 25 heavy (non-hydrogen) atoms. The number of halogens is 3. The molecule has 0 radical (unpaired) electrons. The molecule has 0 aliphatic rings. The largest absolute Gasteiger partial charge is 0.505 e. The summed E-state index contributed by atoms with van der Waals surface area (Å²) in [6.45, 7) is 1.49. The van der Waals surface area contributed by atoms with Crippen molar-refractivity contribution in [3.05, 3.63) is 71.2 Å². The van der Waals surface area contributed by atoms with Crippen LogP contribution >= 0.6 is 0 Å². The second-order valence-corrected chi connectivity index (χ2v) is 4.69. The molecule has 0 saturated heterocycles. The maximum absolute atomic E-state index is 13.8. The molecule has 0 aliphatic heterocycles. The van der Waals surface area contributed by atoms with Crippen LogP contribution in [0.2, 0.25) is 0 Å². The van der Waals surface area contributed by atoms with Crippen LogP contribution in [0.3, 0.4) is 0 Å². The molecule has 2 aromatic carbocycles. The van der Waals surface area contributed by atoms with Gasteiger partial charge >= 0.3 is 5.97 Å². The van der Waals surface area contributed by atoms with Crippen molar-refractivity contribution in [1.82, 2.24) is 0 Å². The molecule has 0 unspecified atom stereocenters. The monoisotopic (exact) mass is 350 g/mol. The van der Waals surface area contributed by atoms with Gasteiger partial charge in [0.05, 0.1) is 12.2 Å². The lowest BCUT2D eigenvalue weighted by molar-refractivity contribution is -0.138. The summed E-state index contributed by atoms with van der Waals surface area (Å²) in [5.41, 5.74) is -1.38. The average Bonchev–Trinajstić information content (AvgIpc) is 2.57. The van der Waals surface area contributed by atoms with Gasteiger partial charge in [-0.1, -0.05) is 12.1 Å². The second-order valence-electron chi connectivity index (χ2n) is 4.69. The molecule has 8 heteroatoms. The lowest BCUT2D eigenvalue weighted by atomic mass is 10.1. The molecule has 0 aliphatic carbocycles. The predicted octanol–water partition coefficient (Wildman–Crippen LogP) is 4.68. The number of hydrogen-bond acceptors (Lipinski definition) is 5.